The van der Waals surface area contributed by atoms with Gasteiger partial charge in [-0.2, -0.15) is 11.8 Å². The first kappa shape index (κ1) is 15.2. The number of carbonyl (C=O) groups excluding carboxylic acids is 1. The molecule has 1 saturated heterocycles. The average molecular weight is 293 g/mol. The van der Waals surface area contributed by atoms with Crippen molar-refractivity contribution in [3.8, 4) is 0 Å². The number of pyridine rings is 1. The van der Waals surface area contributed by atoms with Crippen molar-refractivity contribution >= 4 is 23.5 Å². The number of rotatable bonds is 5. The Kier molecular flexibility index (Phi) is 5.71. The summed E-state index contributed by atoms with van der Waals surface area (Å²) in [5, 5.41) is 3.80. The van der Waals surface area contributed by atoms with Crippen LogP contribution in [0.5, 0.6) is 0 Å². The lowest BCUT2D eigenvalue weighted by Gasteiger charge is -2.32. The highest BCUT2D eigenvalue weighted by Gasteiger charge is 2.24. The van der Waals surface area contributed by atoms with Gasteiger partial charge in [-0.05, 0) is 25.0 Å². The summed E-state index contributed by atoms with van der Waals surface area (Å²) in [6, 6.07) is 3.67. The Balaban J connectivity index is 2.04. The van der Waals surface area contributed by atoms with Gasteiger partial charge in [0.1, 0.15) is 5.82 Å². The summed E-state index contributed by atoms with van der Waals surface area (Å²) < 4.78 is 0. The van der Waals surface area contributed by atoms with Crippen molar-refractivity contribution in [3.05, 3.63) is 23.9 Å². The zero-order chi connectivity index (χ0) is 14.4. The molecule has 0 bridgehead atoms. The molecule has 110 valence electrons. The van der Waals surface area contributed by atoms with Gasteiger partial charge in [-0.15, -0.1) is 0 Å². The zero-order valence-electron chi connectivity index (χ0n) is 12.3. The lowest BCUT2D eigenvalue weighted by atomic mass is 10.2. The fraction of sp³-hybridized carbons (Fsp3) is 0.600. The number of hydrogen-bond donors (Lipinski definition) is 1. The molecule has 0 radical (unpaired) electrons. The fourth-order valence-corrected chi connectivity index (χ4v) is 3.43. The number of carbonyl (C=O) groups is 1. The predicted octanol–water partition coefficient (Wildman–Crippen LogP) is 2.87. The van der Waals surface area contributed by atoms with E-state index in [4.69, 9.17) is 0 Å². The molecule has 1 aromatic rings. The Morgan fingerprint density at radius 1 is 1.55 bits per heavy atom. The number of amides is 1. The van der Waals surface area contributed by atoms with Crippen LogP contribution in [0.1, 0.15) is 37.0 Å². The van der Waals surface area contributed by atoms with Gasteiger partial charge in [-0.25, -0.2) is 4.98 Å². The van der Waals surface area contributed by atoms with E-state index < -0.39 is 0 Å². The highest BCUT2D eigenvalue weighted by atomic mass is 32.2. The van der Waals surface area contributed by atoms with Crippen LogP contribution in [-0.4, -0.2) is 46.4 Å². The second-order valence-corrected chi connectivity index (χ2v) is 6.42. The molecule has 1 unspecified atom stereocenters. The Bertz CT molecular complexity index is 452. The minimum Gasteiger partial charge on any atom is -0.370 e. The van der Waals surface area contributed by atoms with E-state index in [2.05, 4.69) is 24.1 Å². The molecule has 0 aliphatic carbocycles. The van der Waals surface area contributed by atoms with E-state index in [0.717, 1.165) is 49.6 Å². The van der Waals surface area contributed by atoms with E-state index in [1.807, 2.05) is 28.8 Å². The Hall–Kier alpha value is -1.23. The Labute approximate surface area is 125 Å². The Morgan fingerprint density at radius 3 is 3.15 bits per heavy atom. The standard InChI is InChI=1S/C15H23N3OS/c1-3-6-16-14-10-12(5-7-17-14)15(19)18-8-9-20-13(4-2)11-18/h5,7,10,13H,3-4,6,8-9,11H2,1-2H3,(H,16,17). The molecule has 1 amide bonds. The summed E-state index contributed by atoms with van der Waals surface area (Å²) in [6.07, 6.45) is 3.87. The van der Waals surface area contributed by atoms with Crippen LogP contribution >= 0.6 is 11.8 Å². The summed E-state index contributed by atoms with van der Waals surface area (Å²) >= 11 is 1.98. The van der Waals surface area contributed by atoms with Crippen LogP contribution in [0.15, 0.2) is 18.3 Å². The van der Waals surface area contributed by atoms with Gasteiger partial charge in [0, 0.05) is 42.4 Å². The van der Waals surface area contributed by atoms with Crippen molar-refractivity contribution in [3.63, 3.8) is 0 Å². The molecule has 1 N–H and O–H groups in total. The van der Waals surface area contributed by atoms with E-state index in [9.17, 15) is 4.79 Å². The first-order valence-corrected chi connectivity index (χ1v) is 8.40. The SMILES string of the molecule is CCCNc1cc(C(=O)N2CCSC(CC)C2)ccn1. The maximum Gasteiger partial charge on any atom is 0.254 e. The fourth-order valence-electron chi connectivity index (χ4n) is 2.25. The van der Waals surface area contributed by atoms with Crippen molar-refractivity contribution in [1.82, 2.24) is 9.88 Å². The largest absolute Gasteiger partial charge is 0.370 e. The lowest BCUT2D eigenvalue weighted by molar-refractivity contribution is 0.0761. The third-order valence-electron chi connectivity index (χ3n) is 3.44. The molecular formula is C15H23N3OS. The molecular weight excluding hydrogens is 270 g/mol. The third-order valence-corrected chi connectivity index (χ3v) is 4.82. The molecule has 20 heavy (non-hydrogen) atoms. The van der Waals surface area contributed by atoms with E-state index in [1.54, 1.807) is 6.20 Å². The normalized spacial score (nSPS) is 18.9. The molecule has 1 aromatic heterocycles. The zero-order valence-corrected chi connectivity index (χ0v) is 13.1. The number of nitrogens with one attached hydrogen (secondary N) is 1. The molecule has 4 nitrogen and oxygen atoms in total. The maximum atomic E-state index is 12.5. The molecule has 1 aliphatic rings. The molecule has 5 heteroatoms. The highest BCUT2D eigenvalue weighted by Crippen LogP contribution is 2.22. The van der Waals surface area contributed by atoms with Crippen molar-refractivity contribution in [1.29, 1.82) is 0 Å². The third kappa shape index (κ3) is 3.88. The number of nitrogens with zero attached hydrogens (tertiary/aromatic N) is 2. The van der Waals surface area contributed by atoms with Crippen LogP contribution in [0.4, 0.5) is 5.82 Å². The van der Waals surface area contributed by atoms with Crippen molar-refractivity contribution in [2.75, 3.05) is 30.7 Å². The van der Waals surface area contributed by atoms with Gasteiger partial charge in [0.25, 0.3) is 5.91 Å². The quantitative estimate of drug-likeness (QED) is 0.906. The summed E-state index contributed by atoms with van der Waals surface area (Å²) in [4.78, 5) is 18.8. The number of hydrogen-bond acceptors (Lipinski definition) is 4. The summed E-state index contributed by atoms with van der Waals surface area (Å²) in [7, 11) is 0. The molecule has 0 spiro atoms. The van der Waals surface area contributed by atoms with Gasteiger partial charge in [0.05, 0.1) is 0 Å². The van der Waals surface area contributed by atoms with Gasteiger partial charge in [-0.3, -0.25) is 4.79 Å². The highest BCUT2D eigenvalue weighted by molar-refractivity contribution is 8.00. The van der Waals surface area contributed by atoms with Gasteiger partial charge < -0.3 is 10.2 Å². The van der Waals surface area contributed by atoms with E-state index in [1.165, 1.54) is 0 Å². The predicted molar refractivity (Wildman–Crippen MR) is 85.5 cm³/mol. The molecule has 1 atom stereocenters. The Morgan fingerprint density at radius 2 is 2.40 bits per heavy atom. The minimum atomic E-state index is 0.130. The second-order valence-electron chi connectivity index (χ2n) is 5.01. The number of aromatic nitrogens is 1. The first-order chi connectivity index (χ1) is 9.74. The first-order valence-electron chi connectivity index (χ1n) is 7.35. The van der Waals surface area contributed by atoms with Crippen molar-refractivity contribution in [2.24, 2.45) is 0 Å². The summed E-state index contributed by atoms with van der Waals surface area (Å²) in [5.41, 5.74) is 0.736. The van der Waals surface area contributed by atoms with Crippen LogP contribution in [0.3, 0.4) is 0 Å². The maximum absolute atomic E-state index is 12.5. The average Bonchev–Trinajstić information content (AvgIpc) is 2.52. The van der Waals surface area contributed by atoms with Gasteiger partial charge in [0.2, 0.25) is 0 Å². The van der Waals surface area contributed by atoms with Crippen molar-refractivity contribution < 1.29 is 4.79 Å². The summed E-state index contributed by atoms with van der Waals surface area (Å²) in [6.45, 7) is 6.88. The van der Waals surface area contributed by atoms with E-state index in [0.29, 0.717) is 5.25 Å². The van der Waals surface area contributed by atoms with Crippen LogP contribution < -0.4 is 5.32 Å². The second kappa shape index (κ2) is 7.53. The van der Waals surface area contributed by atoms with Gasteiger partial charge >= 0.3 is 0 Å². The van der Waals surface area contributed by atoms with E-state index in [-0.39, 0.29) is 5.91 Å². The monoisotopic (exact) mass is 293 g/mol. The van der Waals surface area contributed by atoms with Crippen LogP contribution in [0.2, 0.25) is 0 Å². The smallest absolute Gasteiger partial charge is 0.254 e. The van der Waals surface area contributed by atoms with Gasteiger partial charge in [0.15, 0.2) is 0 Å². The topological polar surface area (TPSA) is 45.2 Å². The molecule has 0 aromatic carbocycles. The molecule has 0 saturated carbocycles. The lowest BCUT2D eigenvalue weighted by Crippen LogP contribution is -2.41. The van der Waals surface area contributed by atoms with E-state index >= 15 is 0 Å². The minimum absolute atomic E-state index is 0.130. The number of anilines is 1. The molecule has 2 heterocycles. The molecule has 1 fully saturated rings. The van der Waals surface area contributed by atoms with Gasteiger partial charge in [-0.1, -0.05) is 13.8 Å². The molecule has 1 aliphatic heterocycles. The van der Waals surface area contributed by atoms with Crippen LogP contribution in [-0.2, 0) is 0 Å². The summed E-state index contributed by atoms with van der Waals surface area (Å²) in [5.74, 6) is 1.96. The molecule has 2 rings (SSSR count). The number of thioether (sulfide) groups is 1. The van der Waals surface area contributed by atoms with Crippen LogP contribution in [0, 0.1) is 0 Å². The van der Waals surface area contributed by atoms with Crippen LogP contribution in [0.25, 0.3) is 0 Å². The van der Waals surface area contributed by atoms with Crippen molar-refractivity contribution in [2.45, 2.75) is 31.9 Å².